The van der Waals surface area contributed by atoms with Gasteiger partial charge in [-0.2, -0.15) is 11.8 Å². The van der Waals surface area contributed by atoms with Crippen molar-refractivity contribution in [2.45, 2.75) is 12.8 Å². The molecule has 0 saturated carbocycles. The summed E-state index contributed by atoms with van der Waals surface area (Å²) in [6.45, 7) is 0.800. The summed E-state index contributed by atoms with van der Waals surface area (Å²) in [4.78, 5) is 14.1. The Morgan fingerprint density at radius 1 is 1.56 bits per heavy atom. The molecule has 1 aromatic heterocycles. The quantitative estimate of drug-likeness (QED) is 0.451. The van der Waals surface area contributed by atoms with Crippen LogP contribution in [-0.2, 0) is 0 Å². The van der Waals surface area contributed by atoms with Crippen molar-refractivity contribution < 1.29 is 4.92 Å². The SMILES string of the molecule is CSCCCCNc1cc([N+](=O)[O-])ccn1. The Morgan fingerprint density at radius 2 is 2.38 bits per heavy atom. The van der Waals surface area contributed by atoms with Crippen LogP contribution in [0, 0.1) is 10.1 Å². The first kappa shape index (κ1) is 12.8. The van der Waals surface area contributed by atoms with Crippen molar-refractivity contribution >= 4 is 23.3 Å². The second kappa shape index (κ2) is 7.05. The second-order valence-electron chi connectivity index (χ2n) is 3.28. The smallest absolute Gasteiger partial charge is 0.274 e. The van der Waals surface area contributed by atoms with Crippen LogP contribution in [0.1, 0.15) is 12.8 Å². The lowest BCUT2D eigenvalue weighted by molar-refractivity contribution is -0.384. The summed E-state index contributed by atoms with van der Waals surface area (Å²) in [5.74, 6) is 1.71. The van der Waals surface area contributed by atoms with Crippen LogP contribution in [0.3, 0.4) is 0 Å². The highest BCUT2D eigenvalue weighted by Gasteiger charge is 2.05. The largest absolute Gasteiger partial charge is 0.370 e. The van der Waals surface area contributed by atoms with Crippen LogP contribution in [0.2, 0.25) is 0 Å². The lowest BCUT2D eigenvalue weighted by atomic mass is 10.3. The van der Waals surface area contributed by atoms with Gasteiger partial charge in [-0.15, -0.1) is 0 Å². The molecule has 0 aliphatic heterocycles. The van der Waals surface area contributed by atoms with Crippen molar-refractivity contribution in [2.24, 2.45) is 0 Å². The van der Waals surface area contributed by atoms with E-state index >= 15 is 0 Å². The molecule has 6 heteroatoms. The van der Waals surface area contributed by atoms with E-state index < -0.39 is 4.92 Å². The average Bonchev–Trinajstić information content (AvgIpc) is 2.29. The Hall–Kier alpha value is -1.30. The molecule has 0 spiro atoms. The van der Waals surface area contributed by atoms with Crippen LogP contribution in [0.4, 0.5) is 11.5 Å². The van der Waals surface area contributed by atoms with E-state index in [1.54, 1.807) is 0 Å². The fraction of sp³-hybridized carbons (Fsp3) is 0.500. The maximum absolute atomic E-state index is 10.5. The average molecular weight is 241 g/mol. The van der Waals surface area contributed by atoms with Crippen molar-refractivity contribution in [3.05, 3.63) is 28.4 Å². The van der Waals surface area contributed by atoms with Gasteiger partial charge in [0.25, 0.3) is 5.69 Å². The third-order valence-corrected chi connectivity index (χ3v) is 2.73. The molecule has 0 bridgehead atoms. The molecular weight excluding hydrogens is 226 g/mol. The zero-order valence-corrected chi connectivity index (χ0v) is 10.00. The molecule has 5 nitrogen and oxygen atoms in total. The third-order valence-electron chi connectivity index (χ3n) is 2.04. The highest BCUT2D eigenvalue weighted by atomic mass is 32.2. The molecule has 0 atom stereocenters. The van der Waals surface area contributed by atoms with Crippen molar-refractivity contribution in [1.82, 2.24) is 4.98 Å². The molecule has 1 rings (SSSR count). The van der Waals surface area contributed by atoms with Crippen LogP contribution >= 0.6 is 11.8 Å². The van der Waals surface area contributed by atoms with Crippen molar-refractivity contribution in [3.63, 3.8) is 0 Å². The normalized spacial score (nSPS) is 10.1. The number of unbranched alkanes of at least 4 members (excludes halogenated alkanes) is 1. The molecule has 0 aromatic carbocycles. The van der Waals surface area contributed by atoms with E-state index in [0.717, 1.165) is 25.1 Å². The van der Waals surface area contributed by atoms with E-state index in [-0.39, 0.29) is 5.69 Å². The van der Waals surface area contributed by atoms with Gasteiger partial charge in [0.2, 0.25) is 0 Å². The van der Waals surface area contributed by atoms with E-state index in [9.17, 15) is 10.1 Å². The predicted octanol–water partition coefficient (Wildman–Crippen LogP) is 2.54. The molecule has 0 aliphatic carbocycles. The Kier molecular flexibility index (Phi) is 5.63. The molecule has 1 heterocycles. The maximum atomic E-state index is 10.5. The summed E-state index contributed by atoms with van der Waals surface area (Å²) >= 11 is 1.82. The minimum absolute atomic E-state index is 0.0709. The maximum Gasteiger partial charge on any atom is 0.274 e. The Labute approximate surface area is 98.8 Å². The summed E-state index contributed by atoms with van der Waals surface area (Å²) in [6, 6.07) is 2.84. The van der Waals surface area contributed by atoms with Crippen LogP contribution in [-0.4, -0.2) is 28.5 Å². The first-order chi connectivity index (χ1) is 7.74. The van der Waals surface area contributed by atoms with Crippen LogP contribution in [0.5, 0.6) is 0 Å². The van der Waals surface area contributed by atoms with Crippen LogP contribution < -0.4 is 5.32 Å². The van der Waals surface area contributed by atoms with Crippen LogP contribution in [0.25, 0.3) is 0 Å². The first-order valence-corrected chi connectivity index (χ1v) is 6.46. The standard InChI is InChI=1S/C10H15N3O2S/c1-16-7-3-2-5-11-10-8-9(13(14)15)4-6-12-10/h4,6,8H,2-3,5,7H2,1H3,(H,11,12). The Morgan fingerprint density at radius 3 is 3.06 bits per heavy atom. The van der Waals surface area contributed by atoms with Gasteiger partial charge in [-0.1, -0.05) is 0 Å². The molecule has 0 saturated heterocycles. The molecule has 0 unspecified atom stereocenters. The Balaban J connectivity index is 2.36. The highest BCUT2D eigenvalue weighted by Crippen LogP contribution is 2.14. The van der Waals surface area contributed by atoms with E-state index in [2.05, 4.69) is 16.6 Å². The highest BCUT2D eigenvalue weighted by molar-refractivity contribution is 7.98. The monoisotopic (exact) mass is 241 g/mol. The van der Waals surface area contributed by atoms with E-state index in [1.165, 1.54) is 18.3 Å². The minimum atomic E-state index is -0.416. The minimum Gasteiger partial charge on any atom is -0.370 e. The number of hydrogen-bond donors (Lipinski definition) is 1. The molecule has 0 fully saturated rings. The summed E-state index contributed by atoms with van der Waals surface area (Å²) in [5, 5.41) is 13.6. The number of aromatic nitrogens is 1. The number of pyridine rings is 1. The van der Waals surface area contributed by atoms with Crippen molar-refractivity contribution in [3.8, 4) is 0 Å². The number of anilines is 1. The summed E-state index contributed by atoms with van der Waals surface area (Å²) < 4.78 is 0. The Bertz CT molecular complexity index is 347. The number of nitrogens with zero attached hydrogens (tertiary/aromatic N) is 2. The molecule has 0 amide bonds. The molecular formula is C10H15N3O2S. The van der Waals surface area contributed by atoms with Gasteiger partial charge >= 0.3 is 0 Å². The molecule has 16 heavy (non-hydrogen) atoms. The molecule has 0 aliphatic rings. The van der Waals surface area contributed by atoms with Crippen LogP contribution in [0.15, 0.2) is 18.3 Å². The van der Waals surface area contributed by atoms with Gasteiger partial charge in [0, 0.05) is 18.8 Å². The topological polar surface area (TPSA) is 68.1 Å². The summed E-state index contributed by atoms with van der Waals surface area (Å²) in [7, 11) is 0. The fourth-order valence-electron chi connectivity index (χ4n) is 1.22. The zero-order chi connectivity index (χ0) is 11.8. The lowest BCUT2D eigenvalue weighted by Gasteiger charge is -2.04. The van der Waals surface area contributed by atoms with Crippen molar-refractivity contribution in [1.29, 1.82) is 0 Å². The van der Waals surface area contributed by atoms with Gasteiger partial charge in [0.05, 0.1) is 11.0 Å². The van der Waals surface area contributed by atoms with Gasteiger partial charge in [-0.05, 0) is 24.9 Å². The van der Waals surface area contributed by atoms with Crippen molar-refractivity contribution in [2.75, 3.05) is 23.9 Å². The first-order valence-electron chi connectivity index (χ1n) is 5.07. The number of nitro groups is 1. The summed E-state index contributed by atoms with van der Waals surface area (Å²) in [5.41, 5.74) is 0.0709. The summed E-state index contributed by atoms with van der Waals surface area (Å²) in [6.07, 6.45) is 5.71. The predicted molar refractivity (Wildman–Crippen MR) is 67.0 cm³/mol. The number of hydrogen-bond acceptors (Lipinski definition) is 5. The van der Waals surface area contributed by atoms with E-state index in [0.29, 0.717) is 5.82 Å². The second-order valence-corrected chi connectivity index (χ2v) is 4.27. The van der Waals surface area contributed by atoms with Gasteiger partial charge in [0.15, 0.2) is 0 Å². The number of thioether (sulfide) groups is 1. The van der Waals surface area contributed by atoms with Gasteiger partial charge in [-0.25, -0.2) is 4.98 Å². The van der Waals surface area contributed by atoms with Gasteiger partial charge in [0.1, 0.15) is 5.82 Å². The van der Waals surface area contributed by atoms with Gasteiger partial charge in [-0.3, -0.25) is 10.1 Å². The lowest BCUT2D eigenvalue weighted by Crippen LogP contribution is -2.04. The zero-order valence-electron chi connectivity index (χ0n) is 9.18. The fourth-order valence-corrected chi connectivity index (χ4v) is 1.71. The molecule has 88 valence electrons. The van der Waals surface area contributed by atoms with E-state index in [1.807, 2.05) is 11.8 Å². The number of rotatable bonds is 7. The van der Waals surface area contributed by atoms with E-state index in [4.69, 9.17) is 0 Å². The molecule has 0 radical (unpaired) electrons. The molecule has 1 N–H and O–H groups in total. The third kappa shape index (κ3) is 4.48. The molecule has 1 aromatic rings. The van der Waals surface area contributed by atoms with Gasteiger partial charge < -0.3 is 5.32 Å². The number of nitrogens with one attached hydrogen (secondary N) is 1.